The smallest absolute Gasteiger partial charge is 0.148 e. The van der Waals surface area contributed by atoms with Crippen molar-refractivity contribution in [2.24, 2.45) is 5.92 Å². The van der Waals surface area contributed by atoms with Gasteiger partial charge in [0.1, 0.15) is 5.82 Å². The van der Waals surface area contributed by atoms with Crippen LogP contribution in [0.4, 0.5) is 5.82 Å². The maximum absolute atomic E-state index is 5.97. The fourth-order valence-corrected chi connectivity index (χ4v) is 2.36. The highest BCUT2D eigenvalue weighted by atomic mass is 15.2. The van der Waals surface area contributed by atoms with E-state index in [2.05, 4.69) is 37.9 Å². The number of hydrogen-bond donors (Lipinski definition) is 2. The molecule has 0 saturated carbocycles. The van der Waals surface area contributed by atoms with Crippen LogP contribution in [-0.2, 0) is 6.42 Å². The van der Waals surface area contributed by atoms with Gasteiger partial charge >= 0.3 is 0 Å². The normalized spacial score (nSPS) is 13.2. The van der Waals surface area contributed by atoms with E-state index >= 15 is 0 Å². The average Bonchev–Trinajstić information content (AvgIpc) is 2.62. The van der Waals surface area contributed by atoms with Crippen LogP contribution in [-0.4, -0.2) is 10.2 Å². The van der Waals surface area contributed by atoms with Gasteiger partial charge in [-0.2, -0.15) is 5.10 Å². The number of unbranched alkanes of at least 4 members (excludes halogenated alkanes) is 1. The fraction of sp³-hybridized carbons (Fsp3) is 0.786. The Kier molecular flexibility index (Phi) is 5.52. The molecule has 3 nitrogen and oxygen atoms in total. The summed E-state index contributed by atoms with van der Waals surface area (Å²) in [6.45, 7) is 8.94. The van der Waals surface area contributed by atoms with Gasteiger partial charge in [-0.15, -0.1) is 0 Å². The molecule has 3 heteroatoms. The minimum Gasteiger partial charge on any atom is -0.382 e. The molecule has 0 amide bonds. The first-order valence-electron chi connectivity index (χ1n) is 6.92. The van der Waals surface area contributed by atoms with E-state index in [-0.39, 0.29) is 0 Å². The number of rotatable bonds is 7. The molecular formula is C14H27N3. The predicted molar refractivity (Wildman–Crippen MR) is 74.1 cm³/mol. The van der Waals surface area contributed by atoms with E-state index in [4.69, 9.17) is 5.73 Å². The summed E-state index contributed by atoms with van der Waals surface area (Å²) in [6, 6.07) is 0. The van der Waals surface area contributed by atoms with Crippen molar-refractivity contribution in [1.29, 1.82) is 0 Å². The zero-order valence-corrected chi connectivity index (χ0v) is 11.7. The van der Waals surface area contributed by atoms with Crippen molar-refractivity contribution in [3.05, 3.63) is 11.3 Å². The molecule has 0 aliphatic carbocycles. The van der Waals surface area contributed by atoms with Gasteiger partial charge < -0.3 is 5.73 Å². The molecule has 1 atom stereocenters. The summed E-state index contributed by atoms with van der Waals surface area (Å²) in [5.41, 5.74) is 8.51. The maximum atomic E-state index is 5.97. The van der Waals surface area contributed by atoms with Crippen LogP contribution in [0.5, 0.6) is 0 Å². The van der Waals surface area contributed by atoms with Crippen LogP contribution in [0, 0.1) is 5.92 Å². The van der Waals surface area contributed by atoms with Gasteiger partial charge in [0, 0.05) is 17.2 Å². The van der Waals surface area contributed by atoms with E-state index in [1.54, 1.807) is 0 Å². The number of nitrogens with one attached hydrogen (secondary N) is 1. The molecule has 0 aliphatic rings. The van der Waals surface area contributed by atoms with Gasteiger partial charge in [0.25, 0.3) is 0 Å². The summed E-state index contributed by atoms with van der Waals surface area (Å²) in [4.78, 5) is 0. The Hall–Kier alpha value is -0.990. The van der Waals surface area contributed by atoms with E-state index in [0.29, 0.717) is 17.7 Å². The second kappa shape index (κ2) is 6.67. The molecule has 17 heavy (non-hydrogen) atoms. The first kappa shape index (κ1) is 14.1. The highest BCUT2D eigenvalue weighted by Crippen LogP contribution is 2.30. The van der Waals surface area contributed by atoms with E-state index in [0.717, 1.165) is 12.8 Å². The van der Waals surface area contributed by atoms with Gasteiger partial charge in [-0.3, -0.25) is 5.10 Å². The van der Waals surface area contributed by atoms with Crippen LogP contribution in [0.1, 0.15) is 70.6 Å². The Morgan fingerprint density at radius 2 is 2.00 bits per heavy atom. The van der Waals surface area contributed by atoms with Gasteiger partial charge in [-0.25, -0.2) is 0 Å². The summed E-state index contributed by atoms with van der Waals surface area (Å²) >= 11 is 0. The third-order valence-corrected chi connectivity index (χ3v) is 3.35. The number of nitrogens with zero attached hydrogens (tertiary/aromatic N) is 1. The Morgan fingerprint density at radius 3 is 2.53 bits per heavy atom. The van der Waals surface area contributed by atoms with Crippen molar-refractivity contribution >= 4 is 5.82 Å². The zero-order chi connectivity index (χ0) is 12.8. The molecule has 98 valence electrons. The van der Waals surface area contributed by atoms with Crippen LogP contribution < -0.4 is 5.73 Å². The van der Waals surface area contributed by atoms with Crippen molar-refractivity contribution in [2.75, 3.05) is 5.73 Å². The number of aromatic amines is 1. The summed E-state index contributed by atoms with van der Waals surface area (Å²) in [5.74, 6) is 1.91. The molecule has 1 unspecified atom stereocenters. The Morgan fingerprint density at radius 1 is 1.29 bits per heavy atom. The molecule has 0 aromatic carbocycles. The Bertz CT molecular complexity index is 328. The van der Waals surface area contributed by atoms with E-state index in [1.165, 1.54) is 30.5 Å². The number of nitrogens with two attached hydrogens (primary N) is 1. The first-order chi connectivity index (χ1) is 8.10. The quantitative estimate of drug-likeness (QED) is 0.756. The lowest BCUT2D eigenvalue weighted by molar-refractivity contribution is 0.546. The topological polar surface area (TPSA) is 54.7 Å². The van der Waals surface area contributed by atoms with Gasteiger partial charge in [-0.05, 0) is 25.2 Å². The lowest BCUT2D eigenvalue weighted by Crippen LogP contribution is -2.05. The number of anilines is 1. The summed E-state index contributed by atoms with van der Waals surface area (Å²) in [5, 5.41) is 7.36. The standard InChI is InChI=1S/C14H27N3/c1-5-7-8-11(6-2)13-12(9-10(3)4)14(15)17-16-13/h10-11H,5-9H2,1-4H3,(H3,15,16,17). The van der Waals surface area contributed by atoms with Crippen molar-refractivity contribution in [2.45, 2.75) is 65.7 Å². The molecule has 3 N–H and O–H groups in total. The number of aromatic nitrogens is 2. The average molecular weight is 237 g/mol. The lowest BCUT2D eigenvalue weighted by atomic mass is 9.90. The largest absolute Gasteiger partial charge is 0.382 e. The summed E-state index contributed by atoms with van der Waals surface area (Å²) < 4.78 is 0. The van der Waals surface area contributed by atoms with Gasteiger partial charge in [-0.1, -0.05) is 40.5 Å². The highest BCUT2D eigenvalue weighted by Gasteiger charge is 2.19. The highest BCUT2D eigenvalue weighted by molar-refractivity contribution is 5.43. The third kappa shape index (κ3) is 3.76. The molecule has 1 aromatic rings. The van der Waals surface area contributed by atoms with Gasteiger partial charge in [0.05, 0.1) is 0 Å². The molecular weight excluding hydrogens is 210 g/mol. The SMILES string of the molecule is CCCCC(CC)c1[nH]nc(N)c1CC(C)C. The second-order valence-electron chi connectivity index (χ2n) is 5.35. The minimum absolute atomic E-state index is 0.591. The lowest BCUT2D eigenvalue weighted by Gasteiger charge is -2.15. The molecule has 0 radical (unpaired) electrons. The first-order valence-corrected chi connectivity index (χ1v) is 6.92. The van der Waals surface area contributed by atoms with E-state index in [1.807, 2.05) is 0 Å². The molecule has 1 aromatic heterocycles. The van der Waals surface area contributed by atoms with Crippen LogP contribution >= 0.6 is 0 Å². The molecule has 0 bridgehead atoms. The number of hydrogen-bond acceptors (Lipinski definition) is 2. The number of H-pyrrole nitrogens is 1. The second-order valence-corrected chi connectivity index (χ2v) is 5.35. The van der Waals surface area contributed by atoms with Crippen molar-refractivity contribution in [1.82, 2.24) is 10.2 Å². The Labute approximate surface area is 105 Å². The molecule has 1 rings (SSSR count). The van der Waals surface area contributed by atoms with Crippen LogP contribution in [0.3, 0.4) is 0 Å². The van der Waals surface area contributed by atoms with Crippen LogP contribution in [0.25, 0.3) is 0 Å². The van der Waals surface area contributed by atoms with Gasteiger partial charge in [0.2, 0.25) is 0 Å². The van der Waals surface area contributed by atoms with Crippen molar-refractivity contribution in [3.63, 3.8) is 0 Å². The number of nitrogen functional groups attached to an aromatic ring is 1. The molecule has 0 saturated heterocycles. The van der Waals surface area contributed by atoms with Crippen molar-refractivity contribution < 1.29 is 0 Å². The van der Waals surface area contributed by atoms with E-state index < -0.39 is 0 Å². The van der Waals surface area contributed by atoms with E-state index in [9.17, 15) is 0 Å². The van der Waals surface area contributed by atoms with Crippen LogP contribution in [0.15, 0.2) is 0 Å². The third-order valence-electron chi connectivity index (χ3n) is 3.35. The minimum atomic E-state index is 0.591. The summed E-state index contributed by atoms with van der Waals surface area (Å²) in [7, 11) is 0. The molecule has 0 aliphatic heterocycles. The Balaban J connectivity index is 2.86. The molecule has 1 heterocycles. The maximum Gasteiger partial charge on any atom is 0.148 e. The molecule has 0 fully saturated rings. The monoisotopic (exact) mass is 237 g/mol. The molecule has 0 spiro atoms. The fourth-order valence-electron chi connectivity index (χ4n) is 2.36. The summed E-state index contributed by atoms with van der Waals surface area (Å²) in [6.07, 6.45) is 5.95. The van der Waals surface area contributed by atoms with Crippen molar-refractivity contribution in [3.8, 4) is 0 Å². The van der Waals surface area contributed by atoms with Crippen LogP contribution in [0.2, 0.25) is 0 Å². The predicted octanol–water partition coefficient (Wildman–Crippen LogP) is 3.87. The van der Waals surface area contributed by atoms with Gasteiger partial charge in [0.15, 0.2) is 0 Å². The zero-order valence-electron chi connectivity index (χ0n) is 11.7.